The molecule has 0 aliphatic heterocycles. The molecule has 0 spiro atoms. The first-order valence-corrected chi connectivity index (χ1v) is 6.91. The van der Waals surface area contributed by atoms with Gasteiger partial charge in [0.25, 0.3) is 0 Å². The van der Waals surface area contributed by atoms with E-state index in [1.807, 2.05) is 0 Å². The average molecular weight is 288 g/mol. The van der Waals surface area contributed by atoms with E-state index in [9.17, 15) is 22.9 Å². The van der Waals surface area contributed by atoms with Crippen LogP contribution in [0.2, 0.25) is 0 Å². The van der Waals surface area contributed by atoms with Crippen LogP contribution in [0.1, 0.15) is 13.3 Å². The number of nitrogens with one attached hydrogen (secondary N) is 1. The molecular formula is C11H13FN2O4S. The van der Waals surface area contributed by atoms with Crippen molar-refractivity contribution >= 4 is 15.7 Å². The van der Waals surface area contributed by atoms with Gasteiger partial charge in [-0.2, -0.15) is 4.39 Å². The highest BCUT2D eigenvalue weighted by Crippen LogP contribution is 2.21. The highest BCUT2D eigenvalue weighted by Gasteiger charge is 2.20. The van der Waals surface area contributed by atoms with Gasteiger partial charge in [-0.3, -0.25) is 10.1 Å². The summed E-state index contributed by atoms with van der Waals surface area (Å²) in [4.78, 5) is 9.24. The molecule has 1 N–H and O–H groups in total. The molecule has 0 fully saturated rings. The lowest BCUT2D eigenvalue weighted by molar-refractivity contribution is -0.387. The van der Waals surface area contributed by atoms with E-state index in [0.717, 1.165) is 12.1 Å². The van der Waals surface area contributed by atoms with Gasteiger partial charge in [0.15, 0.2) is 0 Å². The summed E-state index contributed by atoms with van der Waals surface area (Å²) in [6.45, 7) is 1.97. The van der Waals surface area contributed by atoms with Crippen LogP contribution in [0, 0.1) is 15.9 Å². The fraction of sp³-hybridized carbons (Fsp3) is 0.273. The van der Waals surface area contributed by atoms with Crippen molar-refractivity contribution in [2.24, 2.45) is 0 Å². The predicted molar refractivity (Wildman–Crippen MR) is 67.7 cm³/mol. The summed E-state index contributed by atoms with van der Waals surface area (Å²) in [7, 11) is -3.87. The zero-order valence-corrected chi connectivity index (χ0v) is 11.0. The first-order valence-electron chi connectivity index (χ1n) is 5.43. The van der Waals surface area contributed by atoms with E-state index in [4.69, 9.17) is 0 Å². The van der Waals surface area contributed by atoms with Gasteiger partial charge >= 0.3 is 5.69 Å². The quantitative estimate of drug-likeness (QED) is 0.375. The molecular weight excluding hydrogens is 275 g/mol. The Morgan fingerprint density at radius 2 is 2.16 bits per heavy atom. The van der Waals surface area contributed by atoms with Gasteiger partial charge in [0.05, 0.1) is 9.82 Å². The van der Waals surface area contributed by atoms with Gasteiger partial charge < -0.3 is 0 Å². The molecule has 19 heavy (non-hydrogen) atoms. The van der Waals surface area contributed by atoms with E-state index in [1.165, 1.54) is 0 Å². The number of nitrogens with zero attached hydrogens (tertiary/aromatic N) is 1. The second-order valence-electron chi connectivity index (χ2n) is 3.63. The smallest absolute Gasteiger partial charge is 0.258 e. The van der Waals surface area contributed by atoms with Gasteiger partial charge in [-0.05, 0) is 25.5 Å². The van der Waals surface area contributed by atoms with Crippen LogP contribution in [-0.2, 0) is 10.0 Å². The minimum atomic E-state index is -3.87. The largest absolute Gasteiger partial charge is 0.306 e. The Hall–Kier alpha value is -1.80. The Morgan fingerprint density at radius 3 is 2.74 bits per heavy atom. The zero-order valence-electron chi connectivity index (χ0n) is 10.2. The van der Waals surface area contributed by atoms with Crippen LogP contribution in [0.3, 0.4) is 0 Å². The number of sulfonamides is 1. The molecule has 0 bridgehead atoms. The van der Waals surface area contributed by atoms with Gasteiger partial charge in [-0.1, -0.05) is 12.2 Å². The number of nitro groups is 1. The number of allylic oxidation sites excluding steroid dienone is 1. The SMILES string of the molecule is C/C=C/CCNS(=O)(=O)c1ccc(F)c([N+](=O)[O-])c1. The number of nitro benzene ring substituents is 1. The van der Waals surface area contributed by atoms with E-state index in [0.29, 0.717) is 12.5 Å². The van der Waals surface area contributed by atoms with Crippen LogP contribution in [0.4, 0.5) is 10.1 Å². The number of halogens is 1. The lowest BCUT2D eigenvalue weighted by Crippen LogP contribution is -2.24. The fourth-order valence-corrected chi connectivity index (χ4v) is 2.39. The molecule has 0 heterocycles. The summed E-state index contributed by atoms with van der Waals surface area (Å²) in [5.41, 5.74) is -0.865. The van der Waals surface area contributed by atoms with Crippen molar-refractivity contribution < 1.29 is 17.7 Å². The number of rotatable bonds is 6. The monoisotopic (exact) mass is 288 g/mol. The molecule has 0 aliphatic carbocycles. The molecule has 1 rings (SSSR count). The zero-order chi connectivity index (χ0) is 14.5. The maximum Gasteiger partial charge on any atom is 0.306 e. The Kier molecular flexibility index (Phi) is 5.13. The first-order chi connectivity index (χ1) is 8.88. The standard InChI is InChI=1S/C11H13FN2O4S/c1-2-3-4-7-13-19(17,18)9-5-6-10(12)11(8-9)14(15)16/h2-3,5-6,8,13H,4,7H2,1H3/b3-2+. The molecule has 0 aromatic heterocycles. The lowest BCUT2D eigenvalue weighted by atomic mass is 10.3. The molecule has 1 aromatic carbocycles. The van der Waals surface area contributed by atoms with Crippen molar-refractivity contribution in [1.29, 1.82) is 0 Å². The van der Waals surface area contributed by atoms with Crippen molar-refractivity contribution in [3.8, 4) is 0 Å². The minimum absolute atomic E-state index is 0.165. The van der Waals surface area contributed by atoms with Crippen molar-refractivity contribution in [3.05, 3.63) is 46.3 Å². The van der Waals surface area contributed by atoms with Crippen molar-refractivity contribution in [1.82, 2.24) is 4.72 Å². The van der Waals surface area contributed by atoms with Gasteiger partial charge in [0.2, 0.25) is 15.8 Å². The fourth-order valence-electron chi connectivity index (χ4n) is 1.33. The Balaban J connectivity index is 2.95. The molecule has 0 unspecified atom stereocenters. The predicted octanol–water partition coefficient (Wildman–Crippen LogP) is 1.98. The van der Waals surface area contributed by atoms with Crippen LogP contribution in [-0.4, -0.2) is 19.9 Å². The topological polar surface area (TPSA) is 89.3 Å². The highest BCUT2D eigenvalue weighted by atomic mass is 32.2. The van der Waals surface area contributed by atoms with Gasteiger partial charge in [0.1, 0.15) is 0 Å². The van der Waals surface area contributed by atoms with Crippen LogP contribution in [0.5, 0.6) is 0 Å². The Labute approximate surface area is 110 Å². The Morgan fingerprint density at radius 1 is 1.47 bits per heavy atom. The normalized spacial score (nSPS) is 11.9. The van der Waals surface area contributed by atoms with Crippen molar-refractivity contribution in [2.45, 2.75) is 18.2 Å². The summed E-state index contributed by atoms with van der Waals surface area (Å²) in [6.07, 6.45) is 4.05. The van der Waals surface area contributed by atoms with E-state index in [1.54, 1.807) is 19.1 Å². The maximum absolute atomic E-state index is 13.1. The summed E-state index contributed by atoms with van der Waals surface area (Å²) < 4.78 is 39.0. The average Bonchev–Trinajstić information content (AvgIpc) is 2.34. The summed E-state index contributed by atoms with van der Waals surface area (Å²) in [6, 6.07) is 2.45. The molecule has 8 heteroatoms. The third-order valence-corrected chi connectivity index (χ3v) is 3.72. The van der Waals surface area contributed by atoms with E-state index >= 15 is 0 Å². The highest BCUT2D eigenvalue weighted by molar-refractivity contribution is 7.89. The van der Waals surface area contributed by atoms with Gasteiger partial charge in [0, 0.05) is 12.6 Å². The number of hydrogen-bond donors (Lipinski definition) is 1. The molecule has 1 aromatic rings. The van der Waals surface area contributed by atoms with E-state index in [2.05, 4.69) is 4.72 Å². The van der Waals surface area contributed by atoms with Gasteiger partial charge in [-0.15, -0.1) is 0 Å². The number of benzene rings is 1. The Bertz CT molecular complexity index is 599. The van der Waals surface area contributed by atoms with Gasteiger partial charge in [-0.25, -0.2) is 13.1 Å². The molecule has 104 valence electrons. The molecule has 0 saturated heterocycles. The molecule has 0 radical (unpaired) electrons. The molecule has 0 amide bonds. The van der Waals surface area contributed by atoms with Crippen molar-refractivity contribution in [3.63, 3.8) is 0 Å². The van der Waals surface area contributed by atoms with Crippen LogP contribution < -0.4 is 4.72 Å². The molecule has 6 nitrogen and oxygen atoms in total. The van der Waals surface area contributed by atoms with E-state index in [-0.39, 0.29) is 11.4 Å². The molecule has 0 aliphatic rings. The second kappa shape index (κ2) is 6.39. The third-order valence-electron chi connectivity index (χ3n) is 2.26. The van der Waals surface area contributed by atoms with Crippen molar-refractivity contribution in [2.75, 3.05) is 6.54 Å². The van der Waals surface area contributed by atoms with Crippen LogP contribution in [0.15, 0.2) is 35.2 Å². The number of hydrogen-bond acceptors (Lipinski definition) is 4. The maximum atomic E-state index is 13.1. The first kappa shape index (κ1) is 15.3. The second-order valence-corrected chi connectivity index (χ2v) is 5.39. The van der Waals surface area contributed by atoms with Crippen LogP contribution >= 0.6 is 0 Å². The van der Waals surface area contributed by atoms with Crippen LogP contribution in [0.25, 0.3) is 0 Å². The summed E-state index contributed by atoms with van der Waals surface area (Å²) >= 11 is 0. The molecule has 0 atom stereocenters. The summed E-state index contributed by atoms with van der Waals surface area (Å²) in [5.74, 6) is -1.07. The summed E-state index contributed by atoms with van der Waals surface area (Å²) in [5, 5.41) is 10.5. The minimum Gasteiger partial charge on any atom is -0.258 e. The molecule has 0 saturated carbocycles. The van der Waals surface area contributed by atoms with E-state index < -0.39 is 26.5 Å². The lowest BCUT2D eigenvalue weighted by Gasteiger charge is -2.05. The third kappa shape index (κ3) is 4.11.